The second-order valence-electron chi connectivity index (χ2n) is 10.9. The van der Waals surface area contributed by atoms with Crippen LogP contribution in [0.25, 0.3) is 22.5 Å². The maximum atomic E-state index is 15.8. The fourth-order valence-electron chi connectivity index (χ4n) is 5.78. The summed E-state index contributed by atoms with van der Waals surface area (Å²) < 4.78 is 38.7. The van der Waals surface area contributed by atoms with Crippen LogP contribution in [0.5, 0.6) is 5.75 Å². The van der Waals surface area contributed by atoms with Crippen LogP contribution in [0.3, 0.4) is 0 Å². The zero-order valence-corrected chi connectivity index (χ0v) is 22.8. The van der Waals surface area contributed by atoms with Gasteiger partial charge in [-0.15, -0.1) is 0 Å². The first-order valence-electron chi connectivity index (χ1n) is 13.7. The van der Waals surface area contributed by atoms with E-state index in [1.807, 2.05) is 18.2 Å². The normalized spacial score (nSPS) is 17.0. The number of fused-ring (bicyclic) bond motifs is 3. The van der Waals surface area contributed by atoms with E-state index in [0.717, 1.165) is 30.5 Å². The second-order valence-corrected chi connectivity index (χ2v) is 10.9. The van der Waals surface area contributed by atoms with E-state index in [0.29, 0.717) is 35.2 Å². The molecule has 1 aliphatic carbocycles. The third-order valence-corrected chi connectivity index (χ3v) is 8.17. The first-order valence-corrected chi connectivity index (χ1v) is 13.7. The van der Waals surface area contributed by atoms with E-state index in [4.69, 9.17) is 4.74 Å². The number of halogens is 2. The zero-order chi connectivity index (χ0) is 28.7. The lowest BCUT2D eigenvalue weighted by Crippen LogP contribution is -2.32. The minimum Gasteiger partial charge on any atom is -0.490 e. The third kappa shape index (κ3) is 4.89. The van der Waals surface area contributed by atoms with Crippen molar-refractivity contribution in [1.29, 1.82) is 5.26 Å². The van der Waals surface area contributed by atoms with Crippen LogP contribution in [0.15, 0.2) is 71.8 Å². The summed E-state index contributed by atoms with van der Waals surface area (Å²) in [6.07, 6.45) is 5.50. The topological polar surface area (TPSA) is 84.0 Å². The monoisotopic (exact) mass is 553 g/mol. The van der Waals surface area contributed by atoms with Gasteiger partial charge in [0, 0.05) is 22.8 Å². The molecule has 208 valence electrons. The average molecular weight is 554 g/mol. The van der Waals surface area contributed by atoms with E-state index in [-0.39, 0.29) is 27.9 Å². The summed E-state index contributed by atoms with van der Waals surface area (Å²) in [6, 6.07) is 15.4. The van der Waals surface area contributed by atoms with E-state index in [9.17, 15) is 10.1 Å². The molecular weight excluding hydrogens is 524 g/mol. The van der Waals surface area contributed by atoms with Gasteiger partial charge in [0.25, 0.3) is 5.56 Å². The van der Waals surface area contributed by atoms with Crippen molar-refractivity contribution in [2.75, 3.05) is 26.7 Å². The molecule has 0 spiro atoms. The van der Waals surface area contributed by atoms with Crippen LogP contribution in [0.1, 0.15) is 48.2 Å². The number of alkyl halides is 2. The predicted octanol–water partition coefficient (Wildman–Crippen LogP) is 5.63. The molecule has 0 unspecified atom stereocenters. The lowest BCUT2D eigenvalue weighted by molar-refractivity contribution is 0.0376. The van der Waals surface area contributed by atoms with Crippen LogP contribution in [-0.2, 0) is 5.92 Å². The molecule has 7 nitrogen and oxygen atoms in total. The van der Waals surface area contributed by atoms with Gasteiger partial charge in [0.05, 0.1) is 36.7 Å². The van der Waals surface area contributed by atoms with E-state index in [2.05, 4.69) is 21.9 Å². The van der Waals surface area contributed by atoms with Crippen LogP contribution >= 0.6 is 0 Å². The minimum atomic E-state index is -3.39. The van der Waals surface area contributed by atoms with Gasteiger partial charge in [-0.3, -0.25) is 9.36 Å². The summed E-state index contributed by atoms with van der Waals surface area (Å²) in [5.41, 5.74) is 1.06. The summed E-state index contributed by atoms with van der Waals surface area (Å²) in [4.78, 5) is 24.4. The Labute approximate surface area is 236 Å². The van der Waals surface area contributed by atoms with Crippen molar-refractivity contribution in [3.05, 3.63) is 99.7 Å². The molecule has 0 bridgehead atoms. The smallest absolute Gasteiger partial charge is 0.314 e. The largest absolute Gasteiger partial charge is 0.490 e. The first kappa shape index (κ1) is 26.8. The molecule has 9 heteroatoms. The lowest BCUT2D eigenvalue weighted by Gasteiger charge is -2.28. The maximum absolute atomic E-state index is 15.8. The summed E-state index contributed by atoms with van der Waals surface area (Å²) in [5.74, 6) is -1.80. The molecule has 1 saturated heterocycles. The SMILES string of the molecule is C[C@H](c1cccc(-c2ncc(OCC3CCN(C)CC3)cn2)c1)n1c2c(ccc1=O)-c1cc(C#N)ccc1C2(F)F. The number of hydrogen-bond acceptors (Lipinski definition) is 6. The molecule has 2 aromatic carbocycles. The van der Waals surface area contributed by atoms with Crippen LogP contribution < -0.4 is 10.3 Å². The van der Waals surface area contributed by atoms with Crippen molar-refractivity contribution in [3.8, 4) is 34.3 Å². The standard InChI is InChI=1S/C32H29F2N5O2/c1-20(39-29(40)9-7-26-27-14-22(16-35)6-8-28(27)32(33,34)30(26)39)23-4-3-5-24(15-23)31-36-17-25(18-37-31)41-19-21-10-12-38(2)13-11-21/h3-9,14-15,17-18,20-21H,10-13,19H2,1-2H3/t20-/m1/s1. The molecule has 41 heavy (non-hydrogen) atoms. The molecule has 2 aliphatic rings. The quantitative estimate of drug-likeness (QED) is 0.308. The Kier molecular flexibility index (Phi) is 6.88. The van der Waals surface area contributed by atoms with Gasteiger partial charge < -0.3 is 9.64 Å². The van der Waals surface area contributed by atoms with Crippen molar-refractivity contribution < 1.29 is 13.5 Å². The molecular formula is C32H29F2N5O2. The number of piperidine rings is 1. The van der Waals surface area contributed by atoms with E-state index in [1.165, 1.54) is 30.3 Å². The number of nitrogens with zero attached hydrogens (tertiary/aromatic N) is 5. The highest BCUT2D eigenvalue weighted by molar-refractivity contribution is 5.79. The number of rotatable bonds is 6. The van der Waals surface area contributed by atoms with Gasteiger partial charge in [0.1, 0.15) is 5.69 Å². The van der Waals surface area contributed by atoms with Gasteiger partial charge in [-0.05, 0) is 81.2 Å². The van der Waals surface area contributed by atoms with Gasteiger partial charge in [-0.2, -0.15) is 14.0 Å². The molecule has 1 aliphatic heterocycles. The van der Waals surface area contributed by atoms with E-state index in [1.54, 1.807) is 31.5 Å². The zero-order valence-electron chi connectivity index (χ0n) is 22.8. The fourth-order valence-corrected chi connectivity index (χ4v) is 5.78. The summed E-state index contributed by atoms with van der Waals surface area (Å²) >= 11 is 0. The molecule has 2 aromatic heterocycles. The number of ether oxygens (including phenoxy) is 1. The van der Waals surface area contributed by atoms with Gasteiger partial charge in [-0.25, -0.2) is 9.97 Å². The van der Waals surface area contributed by atoms with E-state index < -0.39 is 17.5 Å². The highest BCUT2D eigenvalue weighted by Gasteiger charge is 2.47. The Morgan fingerprint density at radius 2 is 1.83 bits per heavy atom. The Bertz CT molecular complexity index is 1700. The fraction of sp³-hybridized carbons (Fsp3) is 0.312. The number of nitriles is 1. The highest BCUT2D eigenvalue weighted by Crippen LogP contribution is 2.51. The third-order valence-electron chi connectivity index (χ3n) is 8.17. The van der Waals surface area contributed by atoms with Gasteiger partial charge >= 0.3 is 5.92 Å². The van der Waals surface area contributed by atoms with Crippen molar-refractivity contribution in [2.45, 2.75) is 31.7 Å². The number of pyridine rings is 1. The molecule has 1 fully saturated rings. The number of benzene rings is 2. The molecule has 0 radical (unpaired) electrons. The van der Waals surface area contributed by atoms with Crippen molar-refractivity contribution in [1.82, 2.24) is 19.4 Å². The van der Waals surface area contributed by atoms with Crippen LogP contribution in [0.4, 0.5) is 8.78 Å². The lowest BCUT2D eigenvalue weighted by atomic mass is 9.98. The van der Waals surface area contributed by atoms with Crippen LogP contribution in [0, 0.1) is 17.2 Å². The second kappa shape index (κ2) is 10.5. The average Bonchev–Trinajstić information content (AvgIpc) is 3.22. The van der Waals surface area contributed by atoms with Crippen molar-refractivity contribution >= 4 is 0 Å². The number of likely N-dealkylation sites (tertiary alicyclic amines) is 1. The molecule has 3 heterocycles. The molecule has 0 N–H and O–H groups in total. The molecule has 0 amide bonds. The van der Waals surface area contributed by atoms with Crippen LogP contribution in [-0.4, -0.2) is 46.2 Å². The highest BCUT2D eigenvalue weighted by atomic mass is 19.3. The van der Waals surface area contributed by atoms with Crippen molar-refractivity contribution in [2.24, 2.45) is 5.92 Å². The predicted molar refractivity (Wildman–Crippen MR) is 151 cm³/mol. The number of hydrogen-bond donors (Lipinski definition) is 0. The Hall–Kier alpha value is -4.42. The Morgan fingerprint density at radius 3 is 2.56 bits per heavy atom. The first-order chi connectivity index (χ1) is 19.8. The number of aromatic nitrogens is 3. The van der Waals surface area contributed by atoms with Gasteiger partial charge in [0.2, 0.25) is 0 Å². The van der Waals surface area contributed by atoms with Crippen molar-refractivity contribution in [3.63, 3.8) is 0 Å². The maximum Gasteiger partial charge on any atom is 0.314 e. The molecule has 0 saturated carbocycles. The Morgan fingerprint density at radius 1 is 1.07 bits per heavy atom. The van der Waals surface area contributed by atoms with Gasteiger partial charge in [0.15, 0.2) is 11.6 Å². The molecule has 1 atom stereocenters. The molecule has 4 aromatic rings. The Balaban J connectivity index is 1.27. The summed E-state index contributed by atoms with van der Waals surface area (Å²) in [6.45, 7) is 4.50. The summed E-state index contributed by atoms with van der Waals surface area (Å²) in [7, 11) is 2.13. The summed E-state index contributed by atoms with van der Waals surface area (Å²) in [5, 5.41) is 9.30. The van der Waals surface area contributed by atoms with Crippen LogP contribution in [0.2, 0.25) is 0 Å². The minimum absolute atomic E-state index is 0.210. The molecule has 6 rings (SSSR count). The van der Waals surface area contributed by atoms with E-state index >= 15 is 8.78 Å². The van der Waals surface area contributed by atoms with Gasteiger partial charge in [-0.1, -0.05) is 24.3 Å².